The number of esters is 1. The van der Waals surface area contributed by atoms with E-state index in [1.807, 2.05) is 6.92 Å². The molecule has 0 saturated heterocycles. The van der Waals surface area contributed by atoms with Crippen LogP contribution in [0.15, 0.2) is 57.9 Å². The van der Waals surface area contributed by atoms with Crippen molar-refractivity contribution in [3.8, 4) is 5.75 Å². The molecule has 1 N–H and O–H groups in total. The highest BCUT2D eigenvalue weighted by molar-refractivity contribution is 7.16. The van der Waals surface area contributed by atoms with Gasteiger partial charge in [0.2, 0.25) is 5.55 Å². The van der Waals surface area contributed by atoms with Crippen molar-refractivity contribution in [3.63, 3.8) is 0 Å². The van der Waals surface area contributed by atoms with Crippen molar-refractivity contribution in [1.29, 1.82) is 0 Å². The number of anilines is 1. The normalized spacial score (nSPS) is 12.0. The summed E-state index contributed by atoms with van der Waals surface area (Å²) >= 11 is 1.23. The molecule has 0 saturated carbocycles. The van der Waals surface area contributed by atoms with E-state index in [0.717, 1.165) is 17.0 Å². The van der Waals surface area contributed by atoms with E-state index in [1.165, 1.54) is 36.6 Å². The maximum Gasteiger partial charge on any atom is 0.416 e. The Labute approximate surface area is 219 Å². The number of benzene rings is 2. The van der Waals surface area contributed by atoms with Crippen molar-refractivity contribution < 1.29 is 36.7 Å². The molecule has 11 heteroatoms. The Balaban J connectivity index is 1.89. The van der Waals surface area contributed by atoms with Crippen molar-refractivity contribution >= 4 is 44.9 Å². The lowest BCUT2D eigenvalue weighted by Gasteiger charge is -2.10. The second-order valence-electron chi connectivity index (χ2n) is 8.20. The number of halogens is 3. The quantitative estimate of drug-likeness (QED) is 0.270. The maximum absolute atomic E-state index is 13.3. The number of amides is 1. The molecule has 38 heavy (non-hydrogen) atoms. The molecule has 4 aromatic rings. The van der Waals surface area contributed by atoms with Crippen LogP contribution in [-0.4, -0.2) is 25.6 Å². The van der Waals surface area contributed by atoms with E-state index in [2.05, 4.69) is 10.3 Å². The van der Waals surface area contributed by atoms with E-state index >= 15 is 0 Å². The minimum atomic E-state index is -4.57. The Kier molecular flexibility index (Phi) is 7.58. The predicted octanol–water partition coefficient (Wildman–Crippen LogP) is 6.80. The van der Waals surface area contributed by atoms with Crippen LogP contribution in [-0.2, 0) is 10.9 Å². The maximum atomic E-state index is 13.3. The molecule has 0 spiro atoms. The topological polar surface area (TPSA) is 90.1 Å². The Hall–Kier alpha value is -4.12. The average molecular weight is 545 g/mol. The highest BCUT2D eigenvalue weighted by Crippen LogP contribution is 2.35. The largest absolute Gasteiger partial charge is 0.497 e. The summed E-state index contributed by atoms with van der Waals surface area (Å²) < 4.78 is 55.9. The van der Waals surface area contributed by atoms with Crippen LogP contribution < -0.4 is 15.6 Å². The number of fused-ring (bicyclic) bond motifs is 1. The lowest BCUT2D eigenvalue weighted by molar-refractivity contribution is -0.137. The molecule has 4 rings (SSSR count). The smallest absolute Gasteiger partial charge is 0.416 e. The van der Waals surface area contributed by atoms with Gasteiger partial charge in [-0.05, 0) is 68.8 Å². The molecule has 2 aromatic heterocycles. The molecule has 2 heterocycles. The highest BCUT2D eigenvalue weighted by Gasteiger charge is 2.30. The van der Waals surface area contributed by atoms with Crippen molar-refractivity contribution in [3.05, 3.63) is 81.2 Å². The first-order chi connectivity index (χ1) is 18.0. The molecule has 0 aliphatic heterocycles. The summed E-state index contributed by atoms with van der Waals surface area (Å²) in [7, 11) is 1.49. The van der Waals surface area contributed by atoms with E-state index in [-0.39, 0.29) is 34.0 Å². The summed E-state index contributed by atoms with van der Waals surface area (Å²) in [5, 5.41) is 3.27. The lowest BCUT2D eigenvalue weighted by atomic mass is 10.1. The van der Waals surface area contributed by atoms with Crippen molar-refractivity contribution in [2.24, 2.45) is 4.99 Å². The number of carbonyl (C=O) groups is 2. The van der Waals surface area contributed by atoms with E-state index in [1.54, 1.807) is 32.0 Å². The third-order valence-corrected chi connectivity index (χ3v) is 6.80. The molecule has 0 aliphatic carbocycles. The molecule has 0 unspecified atom stereocenters. The first-order valence-corrected chi connectivity index (χ1v) is 12.3. The molecule has 0 fully saturated rings. The van der Waals surface area contributed by atoms with Gasteiger partial charge in [0, 0.05) is 16.0 Å². The van der Waals surface area contributed by atoms with Crippen LogP contribution in [0, 0.1) is 13.8 Å². The van der Waals surface area contributed by atoms with Gasteiger partial charge >= 0.3 is 12.1 Å². The molecule has 0 atom stereocenters. The lowest BCUT2D eigenvalue weighted by Crippen LogP contribution is -2.22. The van der Waals surface area contributed by atoms with Crippen molar-refractivity contribution in [2.75, 3.05) is 19.0 Å². The van der Waals surface area contributed by atoms with Crippen molar-refractivity contribution in [2.45, 2.75) is 26.9 Å². The van der Waals surface area contributed by atoms with Gasteiger partial charge in [-0.3, -0.25) is 4.79 Å². The monoisotopic (exact) mass is 544 g/mol. The van der Waals surface area contributed by atoms with Crippen molar-refractivity contribution in [1.82, 2.24) is 0 Å². The molecular weight excluding hydrogens is 521 g/mol. The average Bonchev–Trinajstić information content (AvgIpc) is 3.15. The number of alkyl halides is 3. The van der Waals surface area contributed by atoms with Crippen LogP contribution in [0.5, 0.6) is 5.75 Å². The number of carbonyl (C=O) groups excluding carboxylic acids is 2. The number of thiophene rings is 1. The standard InChI is InChI=1S/C27H23F3N2O5S/c1-5-36-26(34)22-14(2)15(3)38-25(22)32-24-20(12-16-11-19(35-4)9-10-21(16)37-24)23(33)31-18-8-6-7-17(13-18)27(28,29)30/h6-13H,5H2,1-4H3,(H,31,33)/b32-24-. The number of aryl methyl sites for hydroxylation is 1. The predicted molar refractivity (Wildman–Crippen MR) is 137 cm³/mol. The van der Waals surface area contributed by atoms with Crippen LogP contribution in [0.25, 0.3) is 11.0 Å². The van der Waals surface area contributed by atoms with E-state index in [0.29, 0.717) is 22.3 Å². The van der Waals surface area contributed by atoms with E-state index < -0.39 is 23.6 Å². The molecular formula is C27H23F3N2O5S. The summed E-state index contributed by atoms with van der Waals surface area (Å²) in [6, 6.07) is 10.7. The summed E-state index contributed by atoms with van der Waals surface area (Å²) in [6.07, 6.45) is -4.57. The zero-order valence-electron chi connectivity index (χ0n) is 20.9. The molecule has 0 bridgehead atoms. The minimum Gasteiger partial charge on any atom is -0.497 e. The Morgan fingerprint density at radius 3 is 2.55 bits per heavy atom. The van der Waals surface area contributed by atoms with Gasteiger partial charge in [0.25, 0.3) is 5.91 Å². The van der Waals surface area contributed by atoms with Crippen LogP contribution in [0.3, 0.4) is 0 Å². The minimum absolute atomic E-state index is 0.0540. The molecule has 1 amide bonds. The first-order valence-electron chi connectivity index (χ1n) is 11.4. The zero-order valence-corrected chi connectivity index (χ0v) is 21.7. The van der Waals surface area contributed by atoms with Crippen LogP contribution in [0.2, 0.25) is 0 Å². The van der Waals surface area contributed by atoms with Crippen LogP contribution in [0.4, 0.5) is 23.9 Å². The molecule has 0 radical (unpaired) electrons. The van der Waals surface area contributed by atoms with Crippen LogP contribution in [0.1, 0.15) is 43.6 Å². The van der Waals surface area contributed by atoms with Gasteiger partial charge in [-0.2, -0.15) is 13.2 Å². The number of nitrogens with one attached hydrogen (secondary N) is 1. The van der Waals surface area contributed by atoms with Gasteiger partial charge in [-0.1, -0.05) is 6.07 Å². The Bertz CT molecular complexity index is 1600. The first kappa shape index (κ1) is 26.9. The number of hydrogen-bond donors (Lipinski definition) is 1. The highest BCUT2D eigenvalue weighted by atomic mass is 32.1. The number of hydrogen-bond acceptors (Lipinski definition) is 7. The van der Waals surface area contributed by atoms with Gasteiger partial charge in [-0.15, -0.1) is 11.3 Å². The fourth-order valence-corrected chi connectivity index (χ4v) is 4.69. The Morgan fingerprint density at radius 2 is 1.87 bits per heavy atom. The third-order valence-electron chi connectivity index (χ3n) is 5.70. The summed E-state index contributed by atoms with van der Waals surface area (Å²) in [5.41, 5.74) is 0.174. The summed E-state index contributed by atoms with van der Waals surface area (Å²) in [4.78, 5) is 31.3. The number of methoxy groups -OCH3 is 1. The second-order valence-corrected chi connectivity index (χ2v) is 9.40. The fourth-order valence-electron chi connectivity index (χ4n) is 3.68. The van der Waals surface area contributed by atoms with E-state index in [9.17, 15) is 22.8 Å². The second kappa shape index (κ2) is 10.7. The van der Waals surface area contributed by atoms with Gasteiger partial charge in [0.1, 0.15) is 21.9 Å². The van der Waals surface area contributed by atoms with Gasteiger partial charge in [0.15, 0.2) is 0 Å². The number of nitrogens with zero attached hydrogens (tertiary/aromatic N) is 1. The summed E-state index contributed by atoms with van der Waals surface area (Å²) in [5.74, 6) is -0.802. The number of rotatable bonds is 6. The zero-order chi connectivity index (χ0) is 27.6. The third kappa shape index (κ3) is 5.57. The summed E-state index contributed by atoms with van der Waals surface area (Å²) in [6.45, 7) is 5.45. The fraction of sp³-hybridized carbons (Fsp3) is 0.222. The molecule has 0 aliphatic rings. The number of ether oxygens (including phenoxy) is 2. The van der Waals surface area contributed by atoms with Gasteiger partial charge in [0.05, 0.1) is 24.8 Å². The van der Waals surface area contributed by atoms with Crippen LogP contribution >= 0.6 is 11.3 Å². The SMILES string of the molecule is CCOC(=O)c1c(/N=c2\oc3ccc(OC)cc3cc2C(=O)Nc2cccc(C(F)(F)F)c2)sc(C)c1C. The van der Waals surface area contributed by atoms with Gasteiger partial charge in [-0.25, -0.2) is 9.79 Å². The molecule has 198 valence electrons. The van der Waals surface area contributed by atoms with Gasteiger partial charge < -0.3 is 19.2 Å². The molecule has 7 nitrogen and oxygen atoms in total. The Morgan fingerprint density at radius 1 is 1.11 bits per heavy atom. The molecule has 2 aromatic carbocycles. The van der Waals surface area contributed by atoms with E-state index in [4.69, 9.17) is 13.9 Å².